The van der Waals surface area contributed by atoms with Crippen LogP contribution in [0.1, 0.15) is 22.3 Å². The minimum Gasteiger partial charge on any atom is -0.467 e. The molecule has 0 aliphatic rings. The molecule has 0 N–H and O–H groups in total. The number of benzene rings is 6. The van der Waals surface area contributed by atoms with E-state index >= 15 is 0 Å². The van der Waals surface area contributed by atoms with Crippen LogP contribution in [0.5, 0.6) is 11.5 Å². The molecule has 0 unspecified atom stereocenters. The SMILES string of the molecule is COCOc1ccc2cc(CCc3ccccc3)ccc2c1-c1c(OCOC)ccc2cc(CCc3ccccc3)ccc12. The van der Waals surface area contributed by atoms with Crippen LogP contribution >= 0.6 is 0 Å². The lowest BCUT2D eigenvalue weighted by Gasteiger charge is -2.20. The van der Waals surface area contributed by atoms with Gasteiger partial charge in [0.2, 0.25) is 0 Å². The molecular weight excluding hydrogens is 544 g/mol. The molecule has 0 aliphatic heterocycles. The third-order valence-electron chi connectivity index (χ3n) is 8.10. The summed E-state index contributed by atoms with van der Waals surface area (Å²) in [6, 6.07) is 43.1. The van der Waals surface area contributed by atoms with Crippen LogP contribution < -0.4 is 9.47 Å². The maximum Gasteiger partial charge on any atom is 0.188 e. The zero-order chi connectivity index (χ0) is 30.1. The first kappa shape index (κ1) is 29.4. The van der Waals surface area contributed by atoms with Gasteiger partial charge in [0.25, 0.3) is 0 Å². The van der Waals surface area contributed by atoms with Gasteiger partial charge in [0, 0.05) is 25.3 Å². The highest BCUT2D eigenvalue weighted by Crippen LogP contribution is 2.46. The molecular formula is C40H38O4. The van der Waals surface area contributed by atoms with Crippen LogP contribution in [-0.4, -0.2) is 27.8 Å². The van der Waals surface area contributed by atoms with Crippen LogP contribution in [0.3, 0.4) is 0 Å². The second kappa shape index (κ2) is 14.2. The molecule has 6 aromatic carbocycles. The second-order valence-electron chi connectivity index (χ2n) is 11.1. The molecule has 6 aromatic rings. The van der Waals surface area contributed by atoms with E-state index in [9.17, 15) is 0 Å². The van der Waals surface area contributed by atoms with E-state index in [0.29, 0.717) is 0 Å². The maximum atomic E-state index is 6.20. The summed E-state index contributed by atoms with van der Waals surface area (Å²) in [7, 11) is 3.28. The zero-order valence-electron chi connectivity index (χ0n) is 25.4. The second-order valence-corrected chi connectivity index (χ2v) is 11.1. The molecule has 0 aromatic heterocycles. The van der Waals surface area contributed by atoms with Crippen molar-refractivity contribution in [2.75, 3.05) is 27.8 Å². The van der Waals surface area contributed by atoms with Gasteiger partial charge in [0.05, 0.1) is 0 Å². The van der Waals surface area contributed by atoms with Crippen LogP contribution in [0.4, 0.5) is 0 Å². The lowest BCUT2D eigenvalue weighted by molar-refractivity contribution is 0.0502. The van der Waals surface area contributed by atoms with Gasteiger partial charge in [0.15, 0.2) is 13.6 Å². The van der Waals surface area contributed by atoms with Gasteiger partial charge >= 0.3 is 0 Å². The van der Waals surface area contributed by atoms with Crippen molar-refractivity contribution in [1.82, 2.24) is 0 Å². The summed E-state index contributed by atoms with van der Waals surface area (Å²) in [6.45, 7) is 0.298. The summed E-state index contributed by atoms with van der Waals surface area (Å²) < 4.78 is 23.1. The van der Waals surface area contributed by atoms with Crippen molar-refractivity contribution in [2.24, 2.45) is 0 Å². The van der Waals surface area contributed by atoms with E-state index < -0.39 is 0 Å². The Bertz CT molecular complexity index is 1690. The summed E-state index contributed by atoms with van der Waals surface area (Å²) in [5.41, 5.74) is 7.26. The molecule has 0 saturated carbocycles. The lowest BCUT2D eigenvalue weighted by atomic mass is 9.90. The first-order valence-corrected chi connectivity index (χ1v) is 15.2. The van der Waals surface area contributed by atoms with Gasteiger partial charge in [-0.25, -0.2) is 0 Å². The third-order valence-corrected chi connectivity index (χ3v) is 8.10. The minimum absolute atomic E-state index is 0.149. The van der Waals surface area contributed by atoms with Crippen molar-refractivity contribution in [2.45, 2.75) is 25.7 Å². The van der Waals surface area contributed by atoms with Gasteiger partial charge in [0.1, 0.15) is 11.5 Å². The normalized spacial score (nSPS) is 11.2. The number of ether oxygens (including phenoxy) is 4. The molecule has 4 heteroatoms. The van der Waals surface area contributed by atoms with Crippen molar-refractivity contribution < 1.29 is 18.9 Å². The number of aryl methyl sites for hydroxylation is 4. The number of hydrogen-bond acceptors (Lipinski definition) is 4. The Morgan fingerprint density at radius 2 is 0.818 bits per heavy atom. The highest BCUT2D eigenvalue weighted by molar-refractivity contribution is 6.10. The third kappa shape index (κ3) is 6.78. The summed E-state index contributed by atoms with van der Waals surface area (Å²) in [4.78, 5) is 0. The van der Waals surface area contributed by atoms with Crippen molar-refractivity contribution >= 4 is 21.5 Å². The zero-order valence-corrected chi connectivity index (χ0v) is 25.4. The fourth-order valence-electron chi connectivity index (χ4n) is 5.90. The fourth-order valence-corrected chi connectivity index (χ4v) is 5.90. The van der Waals surface area contributed by atoms with E-state index in [4.69, 9.17) is 18.9 Å². The lowest BCUT2D eigenvalue weighted by Crippen LogP contribution is -2.04. The van der Waals surface area contributed by atoms with Crippen LogP contribution in [0.15, 0.2) is 121 Å². The highest BCUT2D eigenvalue weighted by atomic mass is 16.7. The Morgan fingerprint density at radius 3 is 1.23 bits per heavy atom. The van der Waals surface area contributed by atoms with Crippen LogP contribution in [0.2, 0.25) is 0 Å². The number of fused-ring (bicyclic) bond motifs is 2. The summed E-state index contributed by atoms with van der Waals surface area (Å²) >= 11 is 0. The van der Waals surface area contributed by atoms with Crippen molar-refractivity contribution in [3.63, 3.8) is 0 Å². The quantitative estimate of drug-likeness (QED) is 0.127. The Balaban J connectivity index is 1.44. The van der Waals surface area contributed by atoms with Crippen LogP contribution in [0, 0.1) is 0 Å². The van der Waals surface area contributed by atoms with Crippen molar-refractivity contribution in [1.29, 1.82) is 0 Å². The fraction of sp³-hybridized carbons (Fsp3) is 0.200. The van der Waals surface area contributed by atoms with Gasteiger partial charge in [-0.2, -0.15) is 0 Å². The van der Waals surface area contributed by atoms with Crippen molar-refractivity contribution in [3.05, 3.63) is 144 Å². The highest BCUT2D eigenvalue weighted by Gasteiger charge is 2.20. The largest absolute Gasteiger partial charge is 0.467 e. The molecule has 0 amide bonds. The Morgan fingerprint density at radius 1 is 0.409 bits per heavy atom. The van der Waals surface area contributed by atoms with Crippen molar-refractivity contribution in [3.8, 4) is 22.6 Å². The molecule has 222 valence electrons. The maximum absolute atomic E-state index is 6.20. The molecule has 0 fully saturated rings. The molecule has 0 aliphatic carbocycles. The topological polar surface area (TPSA) is 36.9 Å². The predicted octanol–water partition coefficient (Wildman–Crippen LogP) is 9.20. The van der Waals surface area contributed by atoms with Gasteiger partial charge < -0.3 is 18.9 Å². The van der Waals surface area contributed by atoms with E-state index in [1.165, 1.54) is 22.3 Å². The van der Waals surface area contributed by atoms with Crippen LogP contribution in [-0.2, 0) is 35.2 Å². The summed E-state index contributed by atoms with van der Waals surface area (Å²) in [5.74, 6) is 1.50. The molecule has 0 saturated heterocycles. The van der Waals surface area contributed by atoms with Gasteiger partial charge in [-0.3, -0.25) is 0 Å². The Kier molecular flexibility index (Phi) is 9.51. The average molecular weight is 583 g/mol. The summed E-state index contributed by atoms with van der Waals surface area (Å²) in [5, 5.41) is 4.52. The van der Waals surface area contributed by atoms with E-state index in [2.05, 4.69) is 109 Å². The molecule has 0 atom stereocenters. The number of hydrogen-bond donors (Lipinski definition) is 0. The van der Waals surface area contributed by atoms with Gasteiger partial charge in [-0.1, -0.05) is 109 Å². The van der Waals surface area contributed by atoms with E-state index in [0.717, 1.165) is 69.9 Å². The molecule has 0 bridgehead atoms. The van der Waals surface area contributed by atoms with Gasteiger partial charge in [-0.15, -0.1) is 0 Å². The standard InChI is InChI=1S/C40H38O4/c1-41-27-43-37-23-19-33-25-31(15-13-29-9-5-3-6-10-29)17-21-35(33)39(37)40-36-22-18-32(16-14-30-11-7-4-8-12-30)26-34(36)20-24-38(40)44-28-42-2/h3-12,17-26H,13-16,27-28H2,1-2H3. The number of methoxy groups -OCH3 is 2. The van der Waals surface area contributed by atoms with E-state index in [1.807, 2.05) is 12.1 Å². The first-order valence-electron chi connectivity index (χ1n) is 15.2. The molecule has 6 rings (SSSR count). The Hall–Kier alpha value is -4.64. The van der Waals surface area contributed by atoms with Crippen LogP contribution in [0.25, 0.3) is 32.7 Å². The first-order chi connectivity index (χ1) is 21.7. The smallest absolute Gasteiger partial charge is 0.188 e. The average Bonchev–Trinajstić information content (AvgIpc) is 3.08. The Labute approximate surface area is 259 Å². The molecule has 44 heavy (non-hydrogen) atoms. The summed E-state index contributed by atoms with van der Waals surface area (Å²) in [6.07, 6.45) is 3.94. The molecule has 4 nitrogen and oxygen atoms in total. The predicted molar refractivity (Wildman–Crippen MR) is 180 cm³/mol. The van der Waals surface area contributed by atoms with E-state index in [-0.39, 0.29) is 13.6 Å². The number of rotatable bonds is 13. The van der Waals surface area contributed by atoms with E-state index in [1.54, 1.807) is 14.2 Å². The monoisotopic (exact) mass is 582 g/mol. The van der Waals surface area contributed by atoms with Gasteiger partial charge in [-0.05, 0) is 81.6 Å². The molecule has 0 spiro atoms. The molecule has 0 heterocycles. The molecule has 0 radical (unpaired) electrons. The minimum atomic E-state index is 0.149.